The summed E-state index contributed by atoms with van der Waals surface area (Å²) in [4.78, 5) is 26.4. The molecule has 2 saturated carbocycles. The third-order valence-electron chi connectivity index (χ3n) is 8.50. The molecule has 1 saturated heterocycles. The van der Waals surface area contributed by atoms with Gasteiger partial charge in [-0.05, 0) is 61.7 Å². The van der Waals surface area contributed by atoms with Crippen molar-refractivity contribution in [3.8, 4) is 0 Å². The summed E-state index contributed by atoms with van der Waals surface area (Å²) in [6, 6.07) is 0. The Morgan fingerprint density at radius 2 is 1.85 bits per heavy atom. The Morgan fingerprint density at radius 1 is 1.15 bits per heavy atom. The van der Waals surface area contributed by atoms with Crippen LogP contribution in [-0.4, -0.2) is 30.9 Å². The standard InChI is InChI=1S/C21H31NO3.C2H6/c1-20-11-9-15-13(14(20)6-7-16(20)19(24)25-4)5-8-17-21(15,2)12-10-18(23)22(17)3;1-2/h8,13-16H,5-7,9-12H2,1-4H3;1-2H3. The Balaban J connectivity index is 0.00000102. The van der Waals surface area contributed by atoms with Crippen molar-refractivity contribution in [3.05, 3.63) is 11.8 Å². The molecule has 0 spiro atoms. The first-order valence-electron chi connectivity index (χ1n) is 10.9. The molecule has 0 aromatic heterocycles. The molecule has 27 heavy (non-hydrogen) atoms. The SMILES string of the molecule is CC.COC(=O)C1CCC2C3CC=C4N(C)C(=O)CCC4(C)C3CCC12C. The number of hydrogen-bond acceptors (Lipinski definition) is 3. The molecule has 0 aromatic carbocycles. The van der Waals surface area contributed by atoms with E-state index in [0.29, 0.717) is 24.2 Å². The number of hydrogen-bond donors (Lipinski definition) is 0. The Kier molecular flexibility index (Phi) is 5.48. The molecule has 0 radical (unpaired) electrons. The van der Waals surface area contributed by atoms with Crippen LogP contribution >= 0.6 is 0 Å². The first-order chi connectivity index (χ1) is 12.8. The molecule has 1 amide bonds. The molecule has 0 aromatic rings. The number of ether oxygens (including phenoxy) is 1. The van der Waals surface area contributed by atoms with E-state index in [1.165, 1.54) is 19.2 Å². The van der Waals surface area contributed by atoms with Crippen LogP contribution in [0.4, 0.5) is 0 Å². The number of carbonyl (C=O) groups excluding carboxylic acids is 2. The molecule has 4 heteroatoms. The maximum absolute atomic E-state index is 12.3. The van der Waals surface area contributed by atoms with Gasteiger partial charge in [0.15, 0.2) is 0 Å². The Labute approximate surface area is 164 Å². The van der Waals surface area contributed by atoms with E-state index in [4.69, 9.17) is 4.74 Å². The van der Waals surface area contributed by atoms with Gasteiger partial charge in [-0.1, -0.05) is 33.8 Å². The van der Waals surface area contributed by atoms with E-state index in [0.717, 1.165) is 32.1 Å². The molecule has 1 aliphatic heterocycles. The lowest BCUT2D eigenvalue weighted by Crippen LogP contribution is -2.54. The van der Waals surface area contributed by atoms with Gasteiger partial charge < -0.3 is 9.64 Å². The fourth-order valence-corrected chi connectivity index (χ4v) is 7.11. The van der Waals surface area contributed by atoms with Crippen molar-refractivity contribution < 1.29 is 14.3 Å². The van der Waals surface area contributed by atoms with E-state index >= 15 is 0 Å². The van der Waals surface area contributed by atoms with Crippen LogP contribution in [0.15, 0.2) is 11.8 Å². The van der Waals surface area contributed by atoms with Crippen molar-refractivity contribution in [2.45, 2.75) is 72.6 Å². The van der Waals surface area contributed by atoms with Crippen molar-refractivity contribution in [1.29, 1.82) is 0 Å². The maximum atomic E-state index is 12.3. The first kappa shape index (κ1) is 20.4. The van der Waals surface area contributed by atoms with Gasteiger partial charge in [0.1, 0.15) is 0 Å². The zero-order valence-corrected chi connectivity index (χ0v) is 18.0. The van der Waals surface area contributed by atoms with Gasteiger partial charge in [-0.15, -0.1) is 0 Å². The minimum atomic E-state index is -0.00954. The summed E-state index contributed by atoms with van der Waals surface area (Å²) >= 11 is 0. The van der Waals surface area contributed by atoms with Crippen LogP contribution in [0.3, 0.4) is 0 Å². The van der Waals surface area contributed by atoms with Crippen LogP contribution < -0.4 is 0 Å². The minimum absolute atomic E-state index is 0.00954. The van der Waals surface area contributed by atoms with Crippen molar-refractivity contribution in [1.82, 2.24) is 4.90 Å². The van der Waals surface area contributed by atoms with Crippen LogP contribution in [-0.2, 0) is 14.3 Å². The number of rotatable bonds is 1. The number of carbonyl (C=O) groups is 2. The summed E-state index contributed by atoms with van der Waals surface area (Å²) in [5.74, 6) is 2.20. The van der Waals surface area contributed by atoms with Gasteiger partial charge in [0.05, 0.1) is 13.0 Å². The highest BCUT2D eigenvalue weighted by atomic mass is 16.5. The fourth-order valence-electron chi connectivity index (χ4n) is 7.11. The van der Waals surface area contributed by atoms with Crippen molar-refractivity contribution in [3.63, 3.8) is 0 Å². The lowest BCUT2D eigenvalue weighted by Gasteiger charge is -2.58. The predicted molar refractivity (Wildman–Crippen MR) is 107 cm³/mol. The van der Waals surface area contributed by atoms with Crippen molar-refractivity contribution >= 4 is 11.9 Å². The van der Waals surface area contributed by atoms with Crippen molar-refractivity contribution in [2.24, 2.45) is 34.5 Å². The summed E-state index contributed by atoms with van der Waals surface area (Å²) in [6.45, 7) is 8.72. The van der Waals surface area contributed by atoms with E-state index in [9.17, 15) is 9.59 Å². The lowest BCUT2D eigenvalue weighted by atomic mass is 9.49. The van der Waals surface area contributed by atoms with Gasteiger partial charge in [-0.2, -0.15) is 0 Å². The second kappa shape index (κ2) is 7.25. The van der Waals surface area contributed by atoms with E-state index in [2.05, 4.69) is 19.9 Å². The van der Waals surface area contributed by atoms with Crippen LogP contribution in [0.2, 0.25) is 0 Å². The zero-order chi connectivity index (χ0) is 20.0. The van der Waals surface area contributed by atoms with E-state index < -0.39 is 0 Å². The molecule has 0 bridgehead atoms. The number of nitrogens with zero attached hydrogens (tertiary/aromatic N) is 1. The quantitative estimate of drug-likeness (QED) is 0.619. The monoisotopic (exact) mass is 375 g/mol. The summed E-state index contributed by atoms with van der Waals surface area (Å²) in [5.41, 5.74) is 1.47. The maximum Gasteiger partial charge on any atom is 0.309 e. The van der Waals surface area contributed by atoms with Gasteiger partial charge >= 0.3 is 5.97 Å². The second-order valence-electron chi connectivity index (χ2n) is 9.27. The van der Waals surface area contributed by atoms with Gasteiger partial charge in [-0.3, -0.25) is 9.59 Å². The highest BCUT2D eigenvalue weighted by molar-refractivity contribution is 5.79. The molecule has 3 fully saturated rings. The largest absolute Gasteiger partial charge is 0.469 e. The highest BCUT2D eigenvalue weighted by Crippen LogP contribution is 2.65. The number of methoxy groups -OCH3 is 1. The van der Waals surface area contributed by atoms with Gasteiger partial charge in [0.2, 0.25) is 5.91 Å². The molecule has 6 atom stereocenters. The van der Waals surface area contributed by atoms with E-state index in [1.54, 1.807) is 0 Å². The molecule has 152 valence electrons. The zero-order valence-electron chi connectivity index (χ0n) is 18.0. The number of piperidine rings is 1. The first-order valence-corrected chi connectivity index (χ1v) is 10.9. The summed E-state index contributed by atoms with van der Waals surface area (Å²) in [7, 11) is 3.47. The molecule has 4 nitrogen and oxygen atoms in total. The number of amides is 1. The van der Waals surface area contributed by atoms with Gasteiger partial charge in [0, 0.05) is 24.6 Å². The predicted octanol–water partition coefficient (Wildman–Crippen LogP) is 4.79. The number of likely N-dealkylation sites (tertiary alicyclic amines) is 1. The summed E-state index contributed by atoms with van der Waals surface area (Å²) in [5, 5.41) is 0. The number of esters is 1. The normalized spacial score (nSPS) is 42.8. The third kappa shape index (κ3) is 2.86. The molecule has 4 rings (SSSR count). The smallest absolute Gasteiger partial charge is 0.309 e. The summed E-state index contributed by atoms with van der Waals surface area (Å²) < 4.78 is 5.12. The van der Waals surface area contributed by atoms with Crippen LogP contribution in [0.5, 0.6) is 0 Å². The van der Waals surface area contributed by atoms with Crippen LogP contribution in [0.25, 0.3) is 0 Å². The third-order valence-corrected chi connectivity index (χ3v) is 8.50. The van der Waals surface area contributed by atoms with Gasteiger partial charge in [0.25, 0.3) is 0 Å². The fraction of sp³-hybridized carbons (Fsp3) is 0.826. The molecule has 3 aliphatic carbocycles. The van der Waals surface area contributed by atoms with E-state index in [-0.39, 0.29) is 28.6 Å². The molecular weight excluding hydrogens is 338 g/mol. The Hall–Kier alpha value is -1.32. The Bertz CT molecular complexity index is 642. The molecule has 4 aliphatic rings. The average Bonchev–Trinajstić information content (AvgIpc) is 3.03. The van der Waals surface area contributed by atoms with Crippen molar-refractivity contribution in [2.75, 3.05) is 14.2 Å². The van der Waals surface area contributed by atoms with Crippen LogP contribution in [0, 0.1) is 34.5 Å². The summed E-state index contributed by atoms with van der Waals surface area (Å²) in [6.07, 6.45) is 9.44. The second-order valence-corrected chi connectivity index (χ2v) is 9.27. The topological polar surface area (TPSA) is 46.6 Å². The number of fused-ring (bicyclic) bond motifs is 5. The molecule has 1 heterocycles. The lowest BCUT2D eigenvalue weighted by molar-refractivity contribution is -0.153. The Morgan fingerprint density at radius 3 is 2.52 bits per heavy atom. The molecular formula is C23H37NO3. The minimum Gasteiger partial charge on any atom is -0.469 e. The van der Waals surface area contributed by atoms with E-state index in [1.807, 2.05) is 25.8 Å². The molecule has 6 unspecified atom stereocenters. The highest BCUT2D eigenvalue weighted by Gasteiger charge is 2.60. The average molecular weight is 376 g/mol. The van der Waals surface area contributed by atoms with Gasteiger partial charge in [-0.25, -0.2) is 0 Å². The molecule has 0 N–H and O–H groups in total. The van der Waals surface area contributed by atoms with Crippen LogP contribution in [0.1, 0.15) is 72.6 Å². The number of allylic oxidation sites excluding steroid dienone is 2.